The fraction of sp³-hybridized carbons (Fsp3) is 0.600. The second-order valence-corrected chi connectivity index (χ2v) is 6.03. The molecule has 0 bridgehead atoms. The Bertz CT molecular complexity index is 239. The molecule has 0 aromatic heterocycles. The number of rotatable bonds is 8. The minimum Gasteiger partial charge on any atom is -0.478 e. The highest BCUT2D eigenvalue weighted by atomic mass is 28.4. The van der Waals surface area contributed by atoms with Gasteiger partial charge < -0.3 is 18.4 Å². The topological polar surface area (TPSA) is 65.0 Å². The van der Waals surface area contributed by atoms with Crippen molar-refractivity contribution >= 4 is 14.8 Å². The zero-order valence-corrected chi connectivity index (χ0v) is 11.1. The van der Waals surface area contributed by atoms with E-state index >= 15 is 0 Å². The normalized spacial score (nSPS) is 12.9. The Morgan fingerprint density at radius 1 is 1.19 bits per heavy atom. The van der Waals surface area contributed by atoms with Crippen LogP contribution in [0.1, 0.15) is 19.8 Å². The van der Waals surface area contributed by atoms with Crippen molar-refractivity contribution in [3.8, 4) is 0 Å². The standard InChI is InChI=1S/C10H19O5Si/c1-9(10(11)12)7-5-6-8-16(13-2,14-3)15-4/h7-8H,5-6H2,1-4H3,(H,11,12). The summed E-state index contributed by atoms with van der Waals surface area (Å²) in [7, 11) is 1.99. The molecule has 16 heavy (non-hydrogen) atoms. The lowest BCUT2D eigenvalue weighted by molar-refractivity contribution is -0.132. The van der Waals surface area contributed by atoms with Crippen LogP contribution in [0.2, 0.25) is 0 Å². The molecule has 0 saturated heterocycles. The molecular formula is C10H19O5Si. The van der Waals surface area contributed by atoms with E-state index in [0.29, 0.717) is 18.4 Å². The third-order valence-corrected chi connectivity index (χ3v) is 4.70. The van der Waals surface area contributed by atoms with E-state index in [1.165, 1.54) is 21.3 Å². The molecule has 1 N–H and O–H groups in total. The van der Waals surface area contributed by atoms with Gasteiger partial charge in [-0.05, 0) is 19.8 Å². The number of carboxylic acid groups (broad SMARTS) is 1. The van der Waals surface area contributed by atoms with Gasteiger partial charge in [-0.25, -0.2) is 4.79 Å². The van der Waals surface area contributed by atoms with Gasteiger partial charge in [-0.15, -0.1) is 0 Å². The second-order valence-electron chi connectivity index (χ2n) is 3.19. The molecule has 0 unspecified atom stereocenters. The molecule has 1 radical (unpaired) electrons. The SMILES string of the molecule is CO[Si]([CH]CCC=C(C)C(=O)O)(OC)OC. The summed E-state index contributed by atoms with van der Waals surface area (Å²) in [4.78, 5) is 10.5. The van der Waals surface area contributed by atoms with Gasteiger partial charge in [-0.1, -0.05) is 6.08 Å². The number of allylic oxidation sites excluding steroid dienone is 1. The Kier molecular flexibility index (Phi) is 7.23. The predicted octanol–water partition coefficient (Wildman–Crippen LogP) is 1.42. The van der Waals surface area contributed by atoms with E-state index in [9.17, 15) is 4.79 Å². The second kappa shape index (κ2) is 7.56. The van der Waals surface area contributed by atoms with Gasteiger partial charge in [0.25, 0.3) is 0 Å². The monoisotopic (exact) mass is 247 g/mol. The number of hydrogen-bond acceptors (Lipinski definition) is 4. The van der Waals surface area contributed by atoms with Crippen molar-refractivity contribution in [1.29, 1.82) is 0 Å². The first-order chi connectivity index (χ1) is 7.51. The van der Waals surface area contributed by atoms with Gasteiger partial charge in [0, 0.05) is 32.9 Å². The molecule has 0 atom stereocenters. The van der Waals surface area contributed by atoms with Gasteiger partial charge in [0.2, 0.25) is 0 Å². The number of carbonyl (C=O) groups is 1. The van der Waals surface area contributed by atoms with Crippen LogP contribution in [0.15, 0.2) is 11.6 Å². The number of unbranched alkanes of at least 4 members (excludes halogenated alkanes) is 1. The largest absolute Gasteiger partial charge is 0.503 e. The van der Waals surface area contributed by atoms with Crippen molar-refractivity contribution < 1.29 is 23.2 Å². The van der Waals surface area contributed by atoms with E-state index in [-0.39, 0.29) is 0 Å². The van der Waals surface area contributed by atoms with E-state index in [1.807, 2.05) is 6.04 Å². The lowest BCUT2D eigenvalue weighted by Gasteiger charge is -2.23. The van der Waals surface area contributed by atoms with Gasteiger partial charge >= 0.3 is 14.8 Å². The molecule has 0 aromatic carbocycles. The summed E-state index contributed by atoms with van der Waals surface area (Å²) in [5.74, 6) is -0.895. The Balaban J connectivity index is 4.06. The minimum absolute atomic E-state index is 0.341. The van der Waals surface area contributed by atoms with Crippen LogP contribution >= 0.6 is 0 Å². The van der Waals surface area contributed by atoms with Gasteiger partial charge in [-0.2, -0.15) is 0 Å². The summed E-state index contributed by atoms with van der Waals surface area (Å²) in [6.45, 7) is 1.57. The zero-order chi connectivity index (χ0) is 12.6. The molecule has 0 heterocycles. The summed E-state index contributed by atoms with van der Waals surface area (Å²) < 4.78 is 15.6. The van der Waals surface area contributed by atoms with E-state index in [4.69, 9.17) is 18.4 Å². The van der Waals surface area contributed by atoms with Gasteiger partial charge in [0.1, 0.15) is 0 Å². The average Bonchev–Trinajstić information content (AvgIpc) is 2.30. The molecule has 0 fully saturated rings. The van der Waals surface area contributed by atoms with E-state index in [2.05, 4.69) is 0 Å². The maximum absolute atomic E-state index is 10.5. The molecule has 0 aromatic rings. The first-order valence-corrected chi connectivity index (χ1v) is 6.71. The number of hydrogen-bond donors (Lipinski definition) is 1. The molecule has 0 aliphatic carbocycles. The predicted molar refractivity (Wildman–Crippen MR) is 61.7 cm³/mol. The Morgan fingerprint density at radius 2 is 1.69 bits per heavy atom. The number of aliphatic carboxylic acids is 1. The molecule has 0 spiro atoms. The van der Waals surface area contributed by atoms with Gasteiger partial charge in [-0.3, -0.25) is 0 Å². The van der Waals surface area contributed by atoms with E-state index < -0.39 is 14.8 Å². The summed E-state index contributed by atoms with van der Waals surface area (Å²) in [6, 6.07) is 1.85. The van der Waals surface area contributed by atoms with Crippen LogP contribution in [-0.4, -0.2) is 41.2 Å². The van der Waals surface area contributed by atoms with Crippen LogP contribution in [0.4, 0.5) is 0 Å². The molecule has 0 rings (SSSR count). The van der Waals surface area contributed by atoms with Crippen molar-refractivity contribution in [2.45, 2.75) is 19.8 Å². The van der Waals surface area contributed by atoms with Crippen molar-refractivity contribution in [3.05, 3.63) is 17.7 Å². The van der Waals surface area contributed by atoms with Crippen LogP contribution < -0.4 is 0 Å². The Hall–Kier alpha value is -0.693. The summed E-state index contributed by atoms with van der Waals surface area (Å²) >= 11 is 0. The van der Waals surface area contributed by atoms with E-state index in [0.717, 1.165) is 0 Å². The number of carboxylic acids is 1. The zero-order valence-electron chi connectivity index (χ0n) is 10.1. The average molecular weight is 247 g/mol. The maximum Gasteiger partial charge on any atom is 0.503 e. The molecule has 6 heteroatoms. The van der Waals surface area contributed by atoms with Crippen LogP contribution in [0.3, 0.4) is 0 Å². The molecule has 93 valence electrons. The minimum atomic E-state index is -2.62. The molecule has 0 saturated carbocycles. The third-order valence-electron chi connectivity index (χ3n) is 2.20. The summed E-state index contributed by atoms with van der Waals surface area (Å²) in [6.07, 6.45) is 2.95. The van der Waals surface area contributed by atoms with Crippen molar-refractivity contribution in [2.24, 2.45) is 0 Å². The molecule has 0 aliphatic rings. The molecule has 0 amide bonds. The summed E-state index contributed by atoms with van der Waals surface area (Å²) in [5.41, 5.74) is 0.341. The lowest BCUT2D eigenvalue weighted by Crippen LogP contribution is -2.43. The Morgan fingerprint density at radius 3 is 2.06 bits per heavy atom. The van der Waals surface area contributed by atoms with Crippen LogP contribution in [-0.2, 0) is 18.1 Å². The fourth-order valence-corrected chi connectivity index (χ4v) is 2.67. The first-order valence-electron chi connectivity index (χ1n) is 4.91. The smallest absolute Gasteiger partial charge is 0.478 e. The van der Waals surface area contributed by atoms with Crippen molar-refractivity contribution in [2.75, 3.05) is 21.3 Å². The van der Waals surface area contributed by atoms with Crippen LogP contribution in [0.25, 0.3) is 0 Å². The third kappa shape index (κ3) is 4.89. The highest BCUT2D eigenvalue weighted by molar-refractivity contribution is 6.64. The van der Waals surface area contributed by atoms with E-state index in [1.54, 1.807) is 13.0 Å². The highest BCUT2D eigenvalue weighted by Crippen LogP contribution is 2.14. The van der Waals surface area contributed by atoms with Crippen molar-refractivity contribution in [1.82, 2.24) is 0 Å². The van der Waals surface area contributed by atoms with Gasteiger partial charge in [0.15, 0.2) is 0 Å². The van der Waals surface area contributed by atoms with Crippen molar-refractivity contribution in [3.63, 3.8) is 0 Å². The quantitative estimate of drug-likeness (QED) is 0.399. The maximum atomic E-state index is 10.5. The highest BCUT2D eigenvalue weighted by Gasteiger charge is 2.37. The van der Waals surface area contributed by atoms with Crippen LogP contribution in [0.5, 0.6) is 0 Å². The molecule has 0 aliphatic heterocycles. The van der Waals surface area contributed by atoms with Gasteiger partial charge in [0.05, 0.1) is 0 Å². The Labute approximate surface area is 97.4 Å². The summed E-state index contributed by atoms with van der Waals surface area (Å²) in [5, 5.41) is 8.64. The first kappa shape index (κ1) is 15.3. The van der Waals surface area contributed by atoms with Crippen LogP contribution in [0, 0.1) is 6.04 Å². The molecule has 5 nitrogen and oxygen atoms in total. The lowest BCUT2D eigenvalue weighted by atomic mass is 10.2. The fourth-order valence-electron chi connectivity index (χ4n) is 1.15. The molecular weight excluding hydrogens is 228 g/mol.